The molecule has 2 heterocycles. The van der Waals surface area contributed by atoms with Gasteiger partial charge >= 0.3 is 0 Å². The maximum Gasteiger partial charge on any atom is 0.152 e. The Morgan fingerprint density at radius 3 is 2.33 bits per heavy atom. The van der Waals surface area contributed by atoms with Gasteiger partial charge in [0.2, 0.25) is 0 Å². The highest BCUT2D eigenvalue weighted by atomic mass is 35.5. The fourth-order valence-corrected chi connectivity index (χ4v) is 5.37. The Kier molecular flexibility index (Phi) is 5.81. The largest absolute Gasteiger partial charge is 0.329 e. The number of aryl methyl sites for hydroxylation is 2. The van der Waals surface area contributed by atoms with E-state index in [9.17, 15) is 4.39 Å². The van der Waals surface area contributed by atoms with Crippen LogP contribution in [-0.2, 0) is 20.0 Å². The first kappa shape index (κ1) is 21.9. The molecule has 0 fully saturated rings. The van der Waals surface area contributed by atoms with Gasteiger partial charge in [-0.15, -0.1) is 0 Å². The molecule has 4 aromatic rings. The first-order valence-corrected chi connectivity index (χ1v) is 11.7. The Hall–Kier alpha value is -2.95. The second kappa shape index (κ2) is 8.77. The first-order valence-electron chi connectivity index (χ1n) is 11.3. The molecule has 168 valence electrons. The van der Waals surface area contributed by atoms with Crippen LogP contribution in [0.4, 0.5) is 4.39 Å². The van der Waals surface area contributed by atoms with Crippen molar-refractivity contribution in [2.45, 2.75) is 32.9 Å². The van der Waals surface area contributed by atoms with E-state index in [-0.39, 0.29) is 11.9 Å². The summed E-state index contributed by atoms with van der Waals surface area (Å²) in [4.78, 5) is 7.07. The summed E-state index contributed by atoms with van der Waals surface area (Å²) in [5, 5.41) is 0.501. The quantitative estimate of drug-likeness (QED) is 0.341. The summed E-state index contributed by atoms with van der Waals surface area (Å²) in [6, 6.07) is 21.5. The molecule has 0 amide bonds. The Bertz CT molecular complexity index is 1310. The topological polar surface area (TPSA) is 21.1 Å². The van der Waals surface area contributed by atoms with Crippen molar-refractivity contribution < 1.29 is 4.39 Å². The molecule has 1 aromatic heterocycles. The normalized spacial score (nSPS) is 16.1. The van der Waals surface area contributed by atoms with Gasteiger partial charge in [0.25, 0.3) is 0 Å². The van der Waals surface area contributed by atoms with Gasteiger partial charge in [0.15, 0.2) is 5.15 Å². The summed E-state index contributed by atoms with van der Waals surface area (Å²) in [5.74, 6) is 0.682. The lowest BCUT2D eigenvalue weighted by atomic mass is 9.88. The Balaban J connectivity index is 1.58. The predicted octanol–water partition coefficient (Wildman–Crippen LogP) is 6.64. The molecule has 0 spiro atoms. The molecule has 0 N–H and O–H groups in total. The highest BCUT2D eigenvalue weighted by Gasteiger charge is 2.32. The van der Waals surface area contributed by atoms with E-state index in [2.05, 4.69) is 59.7 Å². The maximum atomic E-state index is 15.0. The van der Waals surface area contributed by atoms with Crippen molar-refractivity contribution in [3.63, 3.8) is 0 Å². The molecule has 3 aromatic carbocycles. The number of rotatable bonds is 4. The van der Waals surface area contributed by atoms with E-state index in [1.54, 1.807) is 12.1 Å². The van der Waals surface area contributed by atoms with Gasteiger partial charge in [-0.2, -0.15) is 0 Å². The third kappa shape index (κ3) is 3.88. The number of imidazole rings is 1. The molecule has 33 heavy (non-hydrogen) atoms. The minimum Gasteiger partial charge on any atom is -0.329 e. The predicted molar refractivity (Wildman–Crippen MR) is 132 cm³/mol. The number of hydrogen-bond acceptors (Lipinski definition) is 2. The van der Waals surface area contributed by atoms with E-state index in [0.29, 0.717) is 17.3 Å². The van der Waals surface area contributed by atoms with Crippen molar-refractivity contribution >= 4 is 11.6 Å². The van der Waals surface area contributed by atoms with E-state index < -0.39 is 0 Å². The van der Waals surface area contributed by atoms with Crippen molar-refractivity contribution in [2.75, 3.05) is 6.54 Å². The first-order chi connectivity index (χ1) is 16.0. The van der Waals surface area contributed by atoms with Crippen LogP contribution in [0.15, 0.2) is 66.7 Å². The van der Waals surface area contributed by atoms with E-state index in [4.69, 9.17) is 16.6 Å². The molecule has 0 saturated heterocycles. The number of halogens is 2. The minimum atomic E-state index is -0.184. The van der Waals surface area contributed by atoms with Gasteiger partial charge in [-0.3, -0.25) is 4.90 Å². The van der Waals surface area contributed by atoms with Crippen LogP contribution in [0.5, 0.6) is 0 Å². The van der Waals surface area contributed by atoms with Crippen LogP contribution in [0.1, 0.15) is 39.6 Å². The van der Waals surface area contributed by atoms with Gasteiger partial charge in [-0.25, -0.2) is 9.37 Å². The van der Waals surface area contributed by atoms with Gasteiger partial charge < -0.3 is 4.57 Å². The Morgan fingerprint density at radius 1 is 0.939 bits per heavy atom. The van der Waals surface area contributed by atoms with Crippen molar-refractivity contribution in [3.05, 3.63) is 111 Å². The average molecular weight is 460 g/mol. The van der Waals surface area contributed by atoms with Crippen LogP contribution in [0.25, 0.3) is 11.4 Å². The fraction of sp³-hybridized carbons (Fsp3) is 0.250. The van der Waals surface area contributed by atoms with Crippen LogP contribution in [0.2, 0.25) is 5.15 Å². The molecule has 5 rings (SSSR count). The molecular formula is C28H27ClFN3. The summed E-state index contributed by atoms with van der Waals surface area (Å²) in [7, 11) is 2.02. The number of benzene rings is 3. The SMILES string of the molecule is Cc1cccc(C)c1-c1nc(Cl)c(CN2CCc3ccccc3C2c2ccccc2F)n1C. The molecule has 1 atom stereocenters. The number of aromatic nitrogens is 2. The average Bonchev–Trinajstić information content (AvgIpc) is 3.07. The number of hydrogen-bond donors (Lipinski definition) is 0. The third-order valence-corrected chi connectivity index (χ3v) is 7.11. The lowest BCUT2D eigenvalue weighted by Gasteiger charge is -2.38. The molecule has 1 aliphatic rings. The van der Waals surface area contributed by atoms with Gasteiger partial charge in [-0.05, 0) is 48.6 Å². The second-order valence-corrected chi connectivity index (χ2v) is 9.20. The van der Waals surface area contributed by atoms with E-state index in [1.807, 2.05) is 25.2 Å². The summed E-state index contributed by atoms with van der Waals surface area (Å²) < 4.78 is 17.1. The second-order valence-electron chi connectivity index (χ2n) is 8.84. The van der Waals surface area contributed by atoms with Crippen molar-refractivity contribution in [1.29, 1.82) is 0 Å². The van der Waals surface area contributed by atoms with Crippen LogP contribution >= 0.6 is 11.6 Å². The molecule has 0 radical (unpaired) electrons. The molecule has 1 unspecified atom stereocenters. The summed E-state index contributed by atoms with van der Waals surface area (Å²) in [6.07, 6.45) is 0.917. The Labute approximate surface area is 199 Å². The molecule has 0 aliphatic carbocycles. The van der Waals surface area contributed by atoms with Crippen LogP contribution < -0.4 is 0 Å². The van der Waals surface area contributed by atoms with Gasteiger partial charge in [0, 0.05) is 31.3 Å². The van der Waals surface area contributed by atoms with Crippen LogP contribution in [0.3, 0.4) is 0 Å². The third-order valence-electron chi connectivity index (χ3n) is 6.81. The summed E-state index contributed by atoms with van der Waals surface area (Å²) in [5.41, 5.74) is 7.51. The minimum absolute atomic E-state index is 0.175. The van der Waals surface area contributed by atoms with E-state index in [1.165, 1.54) is 16.7 Å². The van der Waals surface area contributed by atoms with Gasteiger partial charge in [0.1, 0.15) is 11.6 Å². The van der Waals surface area contributed by atoms with Crippen LogP contribution in [0, 0.1) is 19.7 Å². The summed E-state index contributed by atoms with van der Waals surface area (Å²) in [6.45, 7) is 5.59. The molecule has 1 aliphatic heterocycles. The standard InChI is InChI=1S/C28H27ClFN3/c1-18-9-8-10-19(2)25(18)28-31-27(29)24(32(28)3)17-33-16-15-20-11-4-5-12-21(20)26(33)22-13-6-7-14-23(22)30/h4-14,26H,15-17H2,1-3H3. The van der Waals surface area contributed by atoms with Gasteiger partial charge in [-0.1, -0.05) is 72.3 Å². The summed E-state index contributed by atoms with van der Waals surface area (Å²) >= 11 is 6.72. The lowest BCUT2D eigenvalue weighted by Crippen LogP contribution is -2.36. The molecule has 0 bridgehead atoms. The van der Waals surface area contributed by atoms with E-state index >= 15 is 0 Å². The van der Waals surface area contributed by atoms with Crippen LogP contribution in [-0.4, -0.2) is 21.0 Å². The molecule has 0 saturated carbocycles. The van der Waals surface area contributed by atoms with Crippen molar-refractivity contribution in [2.24, 2.45) is 7.05 Å². The Morgan fingerprint density at radius 2 is 1.61 bits per heavy atom. The zero-order valence-corrected chi connectivity index (χ0v) is 19.9. The number of fused-ring (bicyclic) bond motifs is 1. The maximum absolute atomic E-state index is 15.0. The van der Waals surface area contributed by atoms with Crippen molar-refractivity contribution in [1.82, 2.24) is 14.5 Å². The van der Waals surface area contributed by atoms with Gasteiger partial charge in [0.05, 0.1) is 11.7 Å². The zero-order chi connectivity index (χ0) is 23.1. The smallest absolute Gasteiger partial charge is 0.152 e. The fourth-order valence-electron chi connectivity index (χ4n) is 5.10. The molecular weight excluding hydrogens is 433 g/mol. The highest BCUT2D eigenvalue weighted by molar-refractivity contribution is 6.30. The van der Waals surface area contributed by atoms with E-state index in [0.717, 1.165) is 35.6 Å². The monoisotopic (exact) mass is 459 g/mol. The highest BCUT2D eigenvalue weighted by Crippen LogP contribution is 2.38. The lowest BCUT2D eigenvalue weighted by molar-refractivity contribution is 0.197. The zero-order valence-electron chi connectivity index (χ0n) is 19.1. The molecule has 3 nitrogen and oxygen atoms in total. The molecule has 5 heteroatoms. The van der Waals surface area contributed by atoms with Crippen molar-refractivity contribution in [3.8, 4) is 11.4 Å². The number of nitrogens with zero attached hydrogens (tertiary/aromatic N) is 3.